The lowest BCUT2D eigenvalue weighted by molar-refractivity contribution is -0.206. The average molecular weight is 460 g/mol. The van der Waals surface area contributed by atoms with Crippen molar-refractivity contribution >= 4 is 5.97 Å². The molecule has 4 fully saturated rings. The van der Waals surface area contributed by atoms with Crippen LogP contribution in [0, 0.1) is 56.7 Å². The van der Waals surface area contributed by atoms with Crippen LogP contribution in [0.5, 0.6) is 0 Å². The maximum absolute atomic E-state index is 12.8. The fraction of sp³-hybridized carbons (Fsp3) is 0.900. The molecule has 0 aromatic heterocycles. The Morgan fingerprint density at radius 2 is 1.73 bits per heavy atom. The van der Waals surface area contributed by atoms with Crippen LogP contribution in [0.1, 0.15) is 110 Å². The molecule has 186 valence electrons. The number of hydrogen-bond donors (Lipinski definition) is 2. The standard InChI is InChI=1S/C30H48O3/c1-18-10-15-30(25(32)33)17-16-28(6)20(24(30)19(18)2)8-9-22-27(5)13-12-23(31)26(3,4)21(27)11-14-29(22,28)7/h8,18-19,21-24,31H,9-17H2,1-7H3,(H,32,33)/t18-,19+,21+,22-,23+,24+,27+,28-,29-,30+/m1/s1/i12D2,23D. The summed E-state index contributed by atoms with van der Waals surface area (Å²) in [5.41, 5.74) is -0.681. The molecule has 0 spiro atoms. The van der Waals surface area contributed by atoms with Crippen LogP contribution in [-0.2, 0) is 4.79 Å². The highest BCUT2D eigenvalue weighted by Crippen LogP contribution is 2.75. The number of rotatable bonds is 1. The molecule has 0 bridgehead atoms. The van der Waals surface area contributed by atoms with Crippen LogP contribution >= 0.6 is 0 Å². The molecule has 2 N–H and O–H groups in total. The molecule has 3 nitrogen and oxygen atoms in total. The van der Waals surface area contributed by atoms with Crippen molar-refractivity contribution in [2.75, 3.05) is 0 Å². The zero-order chi connectivity index (χ0) is 26.9. The molecular weight excluding hydrogens is 408 g/mol. The quantitative estimate of drug-likeness (QED) is 0.412. The molecule has 0 saturated heterocycles. The van der Waals surface area contributed by atoms with Crippen molar-refractivity contribution in [2.24, 2.45) is 56.7 Å². The molecule has 3 heteroatoms. The van der Waals surface area contributed by atoms with E-state index in [0.717, 1.165) is 44.9 Å². The van der Waals surface area contributed by atoms with Crippen LogP contribution in [0.25, 0.3) is 0 Å². The molecule has 0 heterocycles. The average Bonchev–Trinajstić information content (AvgIpc) is 2.75. The van der Waals surface area contributed by atoms with Gasteiger partial charge in [-0.05, 0) is 109 Å². The first-order valence-corrected chi connectivity index (χ1v) is 13.5. The van der Waals surface area contributed by atoms with E-state index in [9.17, 15) is 15.0 Å². The largest absolute Gasteiger partial charge is 0.481 e. The van der Waals surface area contributed by atoms with Gasteiger partial charge in [0.2, 0.25) is 0 Å². The molecular formula is C30H48O3. The number of aliphatic hydroxyl groups is 1. The summed E-state index contributed by atoms with van der Waals surface area (Å²) >= 11 is 0. The lowest BCUT2D eigenvalue weighted by atomic mass is 9.33. The van der Waals surface area contributed by atoms with Gasteiger partial charge in [-0.2, -0.15) is 0 Å². The highest BCUT2D eigenvalue weighted by atomic mass is 16.4. The molecule has 5 rings (SSSR count). The van der Waals surface area contributed by atoms with Crippen LogP contribution in [0.2, 0.25) is 0 Å². The van der Waals surface area contributed by atoms with E-state index < -0.39 is 29.3 Å². The van der Waals surface area contributed by atoms with E-state index in [0.29, 0.717) is 11.8 Å². The Labute approximate surface area is 206 Å². The maximum Gasteiger partial charge on any atom is 0.310 e. The third kappa shape index (κ3) is 2.75. The van der Waals surface area contributed by atoms with Gasteiger partial charge in [0, 0.05) is 2.74 Å². The SMILES string of the molecule is [2H]C1([2H])C[C@]2(C)[C@H]3CC=C4[C@@H]5[C@@H](C)[C@H](C)CC[C@]5(C(=O)O)CC[C@@]4(C)[C@]3(C)CC[C@H]2C(C)(C)[C@@]1([2H])O. The summed E-state index contributed by atoms with van der Waals surface area (Å²) < 4.78 is 26.4. The Morgan fingerprint density at radius 3 is 2.39 bits per heavy atom. The number of fused-ring (bicyclic) bond motifs is 7. The molecule has 0 amide bonds. The normalized spacial score (nSPS) is 60.4. The van der Waals surface area contributed by atoms with Crippen LogP contribution in [0.3, 0.4) is 0 Å². The summed E-state index contributed by atoms with van der Waals surface area (Å²) in [5, 5.41) is 21.7. The minimum Gasteiger partial charge on any atom is -0.481 e. The van der Waals surface area contributed by atoms with E-state index >= 15 is 0 Å². The molecule has 4 saturated carbocycles. The summed E-state index contributed by atoms with van der Waals surface area (Å²) in [5.74, 6) is 0.571. The maximum atomic E-state index is 12.8. The molecule has 0 aromatic rings. The van der Waals surface area contributed by atoms with E-state index in [1.807, 2.05) is 13.8 Å². The fourth-order valence-electron chi connectivity index (χ4n) is 10.3. The number of carbonyl (C=O) groups is 1. The van der Waals surface area contributed by atoms with Gasteiger partial charge in [-0.25, -0.2) is 0 Å². The van der Waals surface area contributed by atoms with Gasteiger partial charge >= 0.3 is 5.97 Å². The smallest absolute Gasteiger partial charge is 0.310 e. The Balaban J connectivity index is 1.64. The van der Waals surface area contributed by atoms with Crippen molar-refractivity contribution in [2.45, 2.75) is 112 Å². The van der Waals surface area contributed by atoms with Crippen LogP contribution in [0.4, 0.5) is 0 Å². The predicted molar refractivity (Wildman–Crippen MR) is 133 cm³/mol. The van der Waals surface area contributed by atoms with Gasteiger partial charge in [-0.3, -0.25) is 4.79 Å². The van der Waals surface area contributed by atoms with Crippen molar-refractivity contribution in [3.63, 3.8) is 0 Å². The zero-order valence-corrected chi connectivity index (χ0v) is 21.9. The summed E-state index contributed by atoms with van der Waals surface area (Å²) in [6.07, 6.45) is 4.50. The Morgan fingerprint density at radius 1 is 1.03 bits per heavy atom. The number of carboxylic acids is 1. The topological polar surface area (TPSA) is 57.5 Å². The van der Waals surface area contributed by atoms with Gasteiger partial charge in [-0.1, -0.05) is 60.1 Å². The molecule has 5 aliphatic carbocycles. The zero-order valence-electron chi connectivity index (χ0n) is 24.9. The first-order valence-electron chi connectivity index (χ1n) is 15.0. The summed E-state index contributed by atoms with van der Waals surface area (Å²) in [6, 6.07) is 0. The van der Waals surface area contributed by atoms with Gasteiger partial charge < -0.3 is 10.2 Å². The first-order chi connectivity index (χ1) is 16.3. The highest BCUT2D eigenvalue weighted by molar-refractivity contribution is 5.76. The molecule has 5 aliphatic rings. The third-order valence-corrected chi connectivity index (χ3v) is 12.8. The second kappa shape index (κ2) is 7.11. The van der Waals surface area contributed by atoms with Gasteiger partial charge in [0.15, 0.2) is 0 Å². The molecule has 0 aliphatic heterocycles. The summed E-state index contributed by atoms with van der Waals surface area (Å²) in [7, 11) is 0. The minimum absolute atomic E-state index is 0.0586. The molecule has 0 radical (unpaired) electrons. The lowest BCUT2D eigenvalue weighted by Gasteiger charge is -2.71. The Bertz CT molecular complexity index is 1000. The fourth-order valence-corrected chi connectivity index (χ4v) is 10.3. The Kier molecular flexibility index (Phi) is 4.39. The number of hydrogen-bond acceptors (Lipinski definition) is 2. The summed E-state index contributed by atoms with van der Waals surface area (Å²) in [6.45, 7) is 15.4. The second-order valence-electron chi connectivity index (χ2n) is 14.0. The van der Waals surface area contributed by atoms with Crippen molar-refractivity contribution in [3.8, 4) is 0 Å². The van der Waals surface area contributed by atoms with Crippen molar-refractivity contribution in [3.05, 3.63) is 11.6 Å². The van der Waals surface area contributed by atoms with Crippen LogP contribution < -0.4 is 0 Å². The van der Waals surface area contributed by atoms with Crippen LogP contribution in [-0.4, -0.2) is 22.3 Å². The van der Waals surface area contributed by atoms with Crippen molar-refractivity contribution < 1.29 is 19.1 Å². The van der Waals surface area contributed by atoms with E-state index in [-0.39, 0.29) is 40.4 Å². The Hall–Kier alpha value is -0.830. The lowest BCUT2D eigenvalue weighted by Crippen LogP contribution is -2.65. The second-order valence-corrected chi connectivity index (χ2v) is 14.0. The van der Waals surface area contributed by atoms with E-state index in [1.165, 1.54) is 5.57 Å². The molecule has 10 atom stereocenters. The highest BCUT2D eigenvalue weighted by Gasteiger charge is 2.69. The van der Waals surface area contributed by atoms with Crippen LogP contribution in [0.15, 0.2) is 11.6 Å². The minimum atomic E-state index is -2.13. The van der Waals surface area contributed by atoms with Gasteiger partial charge in [-0.15, -0.1) is 0 Å². The molecule has 0 unspecified atom stereocenters. The van der Waals surface area contributed by atoms with Gasteiger partial charge in [0.05, 0.1) is 12.9 Å². The van der Waals surface area contributed by atoms with E-state index in [2.05, 4.69) is 40.7 Å². The van der Waals surface area contributed by atoms with Crippen molar-refractivity contribution in [1.82, 2.24) is 0 Å². The molecule has 0 aromatic carbocycles. The van der Waals surface area contributed by atoms with Gasteiger partial charge in [0.1, 0.15) is 0 Å². The number of carboxylic acid groups (broad SMARTS) is 1. The third-order valence-electron chi connectivity index (χ3n) is 12.8. The van der Waals surface area contributed by atoms with Crippen molar-refractivity contribution in [1.29, 1.82) is 0 Å². The number of allylic oxidation sites excluding steroid dienone is 2. The predicted octanol–water partition coefficient (Wildman–Crippen LogP) is 7.09. The first kappa shape index (κ1) is 20.4. The monoisotopic (exact) mass is 459 g/mol. The van der Waals surface area contributed by atoms with E-state index in [4.69, 9.17) is 4.11 Å². The number of aliphatic carboxylic acids is 1. The van der Waals surface area contributed by atoms with Gasteiger partial charge in [0.25, 0.3) is 0 Å². The van der Waals surface area contributed by atoms with E-state index in [1.54, 1.807) is 0 Å². The summed E-state index contributed by atoms with van der Waals surface area (Å²) in [4.78, 5) is 12.8. The molecule has 33 heavy (non-hydrogen) atoms.